The Labute approximate surface area is 107 Å². The molecule has 0 saturated heterocycles. The van der Waals surface area contributed by atoms with Crippen LogP contribution >= 0.6 is 11.8 Å². The molecule has 1 aromatic rings. The van der Waals surface area contributed by atoms with Crippen molar-refractivity contribution >= 4 is 17.5 Å². The molecular formula is C11H12F3NO2S. The molecule has 0 aliphatic carbocycles. The van der Waals surface area contributed by atoms with Crippen molar-refractivity contribution in [2.75, 3.05) is 12.4 Å². The van der Waals surface area contributed by atoms with Gasteiger partial charge in [-0.05, 0) is 48.5 Å². The number of hydrogen-bond donors (Lipinski definition) is 1. The third-order valence-electron chi connectivity index (χ3n) is 2.04. The van der Waals surface area contributed by atoms with Crippen LogP contribution in [0.2, 0.25) is 0 Å². The summed E-state index contributed by atoms with van der Waals surface area (Å²) in [6.45, 7) is 1.62. The molecule has 0 radical (unpaired) electrons. The minimum Gasteiger partial charge on any atom is -0.493 e. The minimum absolute atomic E-state index is 0.0173. The first-order valence-electron chi connectivity index (χ1n) is 5.05. The average molecular weight is 279 g/mol. The molecule has 0 heterocycles. The first-order valence-corrected chi connectivity index (χ1v) is 6.03. The van der Waals surface area contributed by atoms with Gasteiger partial charge in [0.25, 0.3) is 0 Å². The van der Waals surface area contributed by atoms with Gasteiger partial charge >= 0.3 is 5.51 Å². The summed E-state index contributed by atoms with van der Waals surface area (Å²) in [7, 11) is 0. The van der Waals surface area contributed by atoms with Gasteiger partial charge in [-0.2, -0.15) is 13.2 Å². The molecule has 7 heteroatoms. The zero-order valence-corrected chi connectivity index (χ0v) is 10.4. The van der Waals surface area contributed by atoms with E-state index in [2.05, 4.69) is 5.16 Å². The second-order valence-corrected chi connectivity index (χ2v) is 4.51. The molecule has 18 heavy (non-hydrogen) atoms. The molecule has 1 aromatic carbocycles. The number of halogens is 3. The number of alkyl halides is 3. The fraction of sp³-hybridized carbons (Fsp3) is 0.364. The van der Waals surface area contributed by atoms with Crippen molar-refractivity contribution in [3.05, 3.63) is 29.8 Å². The maximum Gasteiger partial charge on any atom is 0.441 e. The normalized spacial score (nSPS) is 12.6. The summed E-state index contributed by atoms with van der Waals surface area (Å²) in [5.74, 6) is 0.329. The van der Waals surface area contributed by atoms with Crippen LogP contribution in [0.15, 0.2) is 29.4 Å². The van der Waals surface area contributed by atoms with E-state index in [-0.39, 0.29) is 24.1 Å². The van der Waals surface area contributed by atoms with E-state index in [1.807, 2.05) is 0 Å². The zero-order chi connectivity index (χ0) is 13.6. The van der Waals surface area contributed by atoms with Crippen LogP contribution in [0.1, 0.15) is 12.5 Å². The Kier molecular flexibility index (Phi) is 5.33. The Morgan fingerprint density at radius 1 is 1.33 bits per heavy atom. The molecule has 1 N–H and O–H groups in total. The monoisotopic (exact) mass is 279 g/mol. The molecule has 0 aromatic heterocycles. The van der Waals surface area contributed by atoms with Crippen LogP contribution < -0.4 is 4.74 Å². The largest absolute Gasteiger partial charge is 0.493 e. The fourth-order valence-electron chi connectivity index (χ4n) is 1.17. The molecule has 0 unspecified atom stereocenters. The van der Waals surface area contributed by atoms with Gasteiger partial charge in [0.2, 0.25) is 0 Å². The van der Waals surface area contributed by atoms with Crippen LogP contribution in [-0.4, -0.2) is 28.8 Å². The van der Waals surface area contributed by atoms with Gasteiger partial charge in [0, 0.05) is 5.75 Å². The zero-order valence-electron chi connectivity index (χ0n) is 9.57. The third kappa shape index (κ3) is 5.31. The summed E-state index contributed by atoms with van der Waals surface area (Å²) in [6.07, 6.45) is 0. The highest BCUT2D eigenvalue weighted by molar-refractivity contribution is 8.00. The number of nitrogens with zero attached hydrogens (tertiary/aromatic N) is 1. The average Bonchev–Trinajstić information content (AvgIpc) is 2.33. The van der Waals surface area contributed by atoms with Gasteiger partial charge in [-0.3, -0.25) is 0 Å². The van der Waals surface area contributed by atoms with Crippen molar-refractivity contribution in [3.63, 3.8) is 0 Å². The quantitative estimate of drug-likeness (QED) is 0.388. The topological polar surface area (TPSA) is 41.8 Å². The Hall–Kier alpha value is -1.37. The molecule has 100 valence electrons. The van der Waals surface area contributed by atoms with E-state index in [0.29, 0.717) is 11.5 Å². The van der Waals surface area contributed by atoms with Crippen molar-refractivity contribution in [2.45, 2.75) is 12.4 Å². The predicted molar refractivity (Wildman–Crippen MR) is 64.4 cm³/mol. The van der Waals surface area contributed by atoms with Crippen molar-refractivity contribution < 1.29 is 23.1 Å². The van der Waals surface area contributed by atoms with Gasteiger partial charge < -0.3 is 9.94 Å². The lowest BCUT2D eigenvalue weighted by atomic mass is 10.1. The van der Waals surface area contributed by atoms with E-state index in [1.165, 1.54) is 0 Å². The molecular weight excluding hydrogens is 267 g/mol. The highest BCUT2D eigenvalue weighted by Gasteiger charge is 2.27. The van der Waals surface area contributed by atoms with E-state index >= 15 is 0 Å². The molecule has 0 spiro atoms. The van der Waals surface area contributed by atoms with Crippen LogP contribution in [0.4, 0.5) is 13.2 Å². The van der Waals surface area contributed by atoms with Gasteiger partial charge in [-0.15, -0.1) is 0 Å². The SMILES string of the molecule is C/C(=N/O)c1ccc(OCCSC(F)(F)F)cc1. The number of hydrogen-bond acceptors (Lipinski definition) is 4. The van der Waals surface area contributed by atoms with Crippen molar-refractivity contribution in [3.8, 4) is 5.75 Å². The van der Waals surface area contributed by atoms with Crippen LogP contribution in [-0.2, 0) is 0 Å². The summed E-state index contributed by atoms with van der Waals surface area (Å²) in [4.78, 5) is 0. The second kappa shape index (κ2) is 6.53. The molecule has 0 aliphatic heterocycles. The Balaban J connectivity index is 2.40. The van der Waals surface area contributed by atoms with Crippen LogP contribution in [0.3, 0.4) is 0 Å². The van der Waals surface area contributed by atoms with Crippen LogP contribution in [0, 0.1) is 0 Å². The van der Waals surface area contributed by atoms with E-state index in [0.717, 1.165) is 5.56 Å². The maximum atomic E-state index is 11.8. The fourth-order valence-corrected chi connectivity index (χ4v) is 1.57. The summed E-state index contributed by atoms with van der Waals surface area (Å²) in [5, 5.41) is 11.6. The number of thioether (sulfide) groups is 1. The van der Waals surface area contributed by atoms with Crippen LogP contribution in [0.5, 0.6) is 5.75 Å². The standard InChI is InChI=1S/C11H12F3NO2S/c1-8(15-16)9-2-4-10(5-3-9)17-6-7-18-11(12,13)14/h2-5,16H,6-7H2,1H3/b15-8-. The number of benzene rings is 1. The molecule has 3 nitrogen and oxygen atoms in total. The number of ether oxygens (including phenoxy) is 1. The van der Waals surface area contributed by atoms with Gasteiger partial charge in [0.15, 0.2) is 0 Å². The van der Waals surface area contributed by atoms with E-state index in [4.69, 9.17) is 9.94 Å². The van der Waals surface area contributed by atoms with E-state index in [1.54, 1.807) is 31.2 Å². The second-order valence-electron chi connectivity index (χ2n) is 3.35. The highest BCUT2D eigenvalue weighted by atomic mass is 32.2. The van der Waals surface area contributed by atoms with Crippen molar-refractivity contribution in [1.82, 2.24) is 0 Å². The number of rotatable bonds is 5. The van der Waals surface area contributed by atoms with Gasteiger partial charge in [0.05, 0.1) is 12.3 Å². The molecule has 0 amide bonds. The lowest BCUT2D eigenvalue weighted by Crippen LogP contribution is -2.07. The van der Waals surface area contributed by atoms with E-state index < -0.39 is 5.51 Å². The molecule has 0 atom stereocenters. The first kappa shape index (κ1) is 14.7. The summed E-state index contributed by atoms with van der Waals surface area (Å²) in [6, 6.07) is 6.56. The third-order valence-corrected chi connectivity index (χ3v) is 2.74. The summed E-state index contributed by atoms with van der Waals surface area (Å²) in [5.41, 5.74) is -3.05. The first-order chi connectivity index (χ1) is 8.42. The van der Waals surface area contributed by atoms with Crippen LogP contribution in [0.25, 0.3) is 0 Å². The van der Waals surface area contributed by atoms with Crippen molar-refractivity contribution in [1.29, 1.82) is 0 Å². The Morgan fingerprint density at radius 2 is 1.94 bits per heavy atom. The molecule has 0 saturated carbocycles. The molecule has 0 aliphatic rings. The van der Waals surface area contributed by atoms with Gasteiger partial charge in [0.1, 0.15) is 5.75 Å². The van der Waals surface area contributed by atoms with E-state index in [9.17, 15) is 13.2 Å². The highest BCUT2D eigenvalue weighted by Crippen LogP contribution is 2.29. The molecule has 1 rings (SSSR count). The predicted octanol–water partition coefficient (Wildman–Crippen LogP) is 3.52. The van der Waals surface area contributed by atoms with Crippen molar-refractivity contribution in [2.24, 2.45) is 5.16 Å². The lowest BCUT2D eigenvalue weighted by molar-refractivity contribution is -0.0329. The number of oxime groups is 1. The maximum absolute atomic E-state index is 11.8. The van der Waals surface area contributed by atoms with Gasteiger partial charge in [-0.1, -0.05) is 5.16 Å². The Bertz CT molecular complexity index is 404. The van der Waals surface area contributed by atoms with Gasteiger partial charge in [-0.25, -0.2) is 0 Å². The molecule has 0 fully saturated rings. The summed E-state index contributed by atoms with van der Waals surface area (Å²) < 4.78 is 40.6. The Morgan fingerprint density at radius 3 is 2.44 bits per heavy atom. The summed E-state index contributed by atoms with van der Waals surface area (Å²) >= 11 is -0.113. The lowest BCUT2D eigenvalue weighted by Gasteiger charge is -2.08. The minimum atomic E-state index is -4.22. The molecule has 0 bridgehead atoms. The smallest absolute Gasteiger partial charge is 0.441 e.